The second kappa shape index (κ2) is 11.6. The molecule has 0 saturated heterocycles. The van der Waals surface area contributed by atoms with Crippen molar-refractivity contribution in [3.05, 3.63) is 0 Å². The zero-order chi connectivity index (χ0) is 18.8. The van der Waals surface area contributed by atoms with Crippen molar-refractivity contribution in [3.63, 3.8) is 0 Å². The highest BCUT2D eigenvalue weighted by Crippen LogP contribution is 2.23. The molecule has 0 bridgehead atoms. The van der Waals surface area contributed by atoms with E-state index in [1.54, 1.807) is 0 Å². The van der Waals surface area contributed by atoms with Crippen LogP contribution >= 0.6 is 0 Å². The van der Waals surface area contributed by atoms with Gasteiger partial charge in [0.1, 0.15) is 0 Å². The Morgan fingerprint density at radius 3 is 2.46 bits per heavy atom. The quantitative estimate of drug-likeness (QED) is 0.442. The van der Waals surface area contributed by atoms with E-state index in [4.69, 9.17) is 0 Å². The van der Waals surface area contributed by atoms with Crippen LogP contribution in [0.2, 0.25) is 0 Å². The highest BCUT2D eigenvalue weighted by atomic mass is 32.2. The van der Waals surface area contributed by atoms with Crippen LogP contribution in [0.5, 0.6) is 0 Å². The summed E-state index contributed by atoms with van der Waals surface area (Å²) < 4.78 is 12.1. The van der Waals surface area contributed by atoms with Crippen LogP contribution in [0.15, 0.2) is 4.99 Å². The number of carbonyl (C=O) groups excluding carboxylic acids is 1. The number of nitrogens with zero attached hydrogens (tertiary/aromatic N) is 1. The van der Waals surface area contributed by atoms with Crippen LogP contribution in [-0.4, -0.2) is 52.3 Å². The molecular weight excluding hydrogens is 348 g/mol. The standard InChI is InChI=1S/C19H36N4O2S/c1-3-20-19(21-13-12-18(24)22-15-8-5-6-9-15)23-16-10-7-11-17(14-16)26(25)4-2/h15-17H,3-14H2,1-2H3,(H,22,24)(H2,20,21,23). The molecular formula is C19H36N4O2S. The van der Waals surface area contributed by atoms with Crippen molar-refractivity contribution >= 4 is 22.7 Å². The van der Waals surface area contributed by atoms with Crippen molar-refractivity contribution in [1.82, 2.24) is 16.0 Å². The normalized spacial score (nSPS) is 25.7. The van der Waals surface area contributed by atoms with E-state index in [0.717, 1.165) is 56.8 Å². The summed E-state index contributed by atoms with van der Waals surface area (Å²) in [6, 6.07) is 0.686. The van der Waals surface area contributed by atoms with E-state index in [1.165, 1.54) is 12.8 Å². The summed E-state index contributed by atoms with van der Waals surface area (Å²) in [5.41, 5.74) is 0. The minimum absolute atomic E-state index is 0.104. The fourth-order valence-electron chi connectivity index (χ4n) is 3.90. The third kappa shape index (κ3) is 7.25. The highest BCUT2D eigenvalue weighted by Gasteiger charge is 2.26. The Morgan fingerprint density at radius 1 is 1.04 bits per heavy atom. The molecule has 150 valence electrons. The molecule has 6 nitrogen and oxygen atoms in total. The lowest BCUT2D eigenvalue weighted by Gasteiger charge is -2.30. The molecule has 2 rings (SSSR count). The molecule has 2 saturated carbocycles. The minimum Gasteiger partial charge on any atom is -0.357 e. The van der Waals surface area contributed by atoms with Crippen molar-refractivity contribution in [2.75, 3.05) is 18.8 Å². The Morgan fingerprint density at radius 2 is 1.77 bits per heavy atom. The molecule has 26 heavy (non-hydrogen) atoms. The van der Waals surface area contributed by atoms with Crippen LogP contribution in [0.1, 0.15) is 71.6 Å². The van der Waals surface area contributed by atoms with Gasteiger partial charge in [0.05, 0.1) is 6.54 Å². The number of carbonyl (C=O) groups is 1. The van der Waals surface area contributed by atoms with Gasteiger partial charge in [0, 0.05) is 46.9 Å². The lowest BCUT2D eigenvalue weighted by molar-refractivity contribution is -0.121. The monoisotopic (exact) mass is 384 g/mol. The number of guanidine groups is 1. The van der Waals surface area contributed by atoms with Gasteiger partial charge in [-0.25, -0.2) is 0 Å². The third-order valence-corrected chi connectivity index (χ3v) is 7.04. The maximum Gasteiger partial charge on any atom is 0.222 e. The summed E-state index contributed by atoms with van der Waals surface area (Å²) in [5.74, 6) is 1.61. The van der Waals surface area contributed by atoms with E-state index in [1.807, 2.05) is 13.8 Å². The number of amides is 1. The average molecular weight is 385 g/mol. The second-order valence-corrected chi connectivity index (χ2v) is 9.36. The van der Waals surface area contributed by atoms with Gasteiger partial charge in [-0.2, -0.15) is 0 Å². The maximum absolute atomic E-state index is 12.1. The van der Waals surface area contributed by atoms with Gasteiger partial charge in [0.15, 0.2) is 5.96 Å². The Hall–Kier alpha value is -1.11. The van der Waals surface area contributed by atoms with Crippen molar-refractivity contribution in [2.24, 2.45) is 4.99 Å². The summed E-state index contributed by atoms with van der Waals surface area (Å²) in [6.07, 6.45) is 9.30. The number of rotatable bonds is 8. The molecule has 2 fully saturated rings. The van der Waals surface area contributed by atoms with Gasteiger partial charge in [-0.05, 0) is 39.0 Å². The van der Waals surface area contributed by atoms with Gasteiger partial charge < -0.3 is 16.0 Å². The first-order chi connectivity index (χ1) is 12.6. The molecule has 0 aromatic rings. The molecule has 3 unspecified atom stereocenters. The Kier molecular flexibility index (Phi) is 9.43. The van der Waals surface area contributed by atoms with E-state index >= 15 is 0 Å². The minimum atomic E-state index is -0.720. The fourth-order valence-corrected chi connectivity index (χ4v) is 5.25. The number of hydrogen-bond acceptors (Lipinski definition) is 3. The molecule has 0 aromatic heterocycles. The van der Waals surface area contributed by atoms with E-state index in [0.29, 0.717) is 30.3 Å². The molecule has 7 heteroatoms. The van der Waals surface area contributed by atoms with Crippen molar-refractivity contribution in [2.45, 2.75) is 89.0 Å². The maximum atomic E-state index is 12.1. The predicted octanol–water partition coefficient (Wildman–Crippen LogP) is 2.07. The smallest absolute Gasteiger partial charge is 0.222 e. The lowest BCUT2D eigenvalue weighted by Crippen LogP contribution is -2.46. The highest BCUT2D eigenvalue weighted by molar-refractivity contribution is 7.85. The molecule has 0 heterocycles. The molecule has 2 aliphatic carbocycles. The molecule has 3 atom stereocenters. The summed E-state index contributed by atoms with van der Waals surface area (Å²) in [6.45, 7) is 5.32. The topological polar surface area (TPSA) is 82.6 Å². The largest absolute Gasteiger partial charge is 0.357 e. The summed E-state index contributed by atoms with van der Waals surface area (Å²) >= 11 is 0. The summed E-state index contributed by atoms with van der Waals surface area (Å²) in [7, 11) is -0.720. The van der Waals surface area contributed by atoms with Gasteiger partial charge in [-0.15, -0.1) is 0 Å². The molecule has 1 amide bonds. The van der Waals surface area contributed by atoms with Crippen LogP contribution in [0, 0.1) is 0 Å². The van der Waals surface area contributed by atoms with Crippen LogP contribution in [0.25, 0.3) is 0 Å². The van der Waals surface area contributed by atoms with E-state index in [2.05, 4.69) is 20.9 Å². The van der Waals surface area contributed by atoms with Gasteiger partial charge >= 0.3 is 0 Å². The summed E-state index contributed by atoms with van der Waals surface area (Å²) in [5, 5.41) is 10.2. The Bertz CT molecular complexity index is 492. The van der Waals surface area contributed by atoms with Crippen LogP contribution in [0.4, 0.5) is 0 Å². The van der Waals surface area contributed by atoms with Crippen molar-refractivity contribution < 1.29 is 9.00 Å². The third-order valence-electron chi connectivity index (χ3n) is 5.30. The van der Waals surface area contributed by atoms with Crippen LogP contribution in [0.3, 0.4) is 0 Å². The van der Waals surface area contributed by atoms with E-state index in [-0.39, 0.29) is 5.91 Å². The lowest BCUT2D eigenvalue weighted by atomic mass is 9.95. The predicted molar refractivity (Wildman–Crippen MR) is 109 cm³/mol. The first-order valence-electron chi connectivity index (χ1n) is 10.3. The number of hydrogen-bond donors (Lipinski definition) is 3. The number of nitrogens with one attached hydrogen (secondary N) is 3. The van der Waals surface area contributed by atoms with E-state index in [9.17, 15) is 9.00 Å². The van der Waals surface area contributed by atoms with Gasteiger partial charge in [0.2, 0.25) is 5.91 Å². The van der Waals surface area contributed by atoms with Gasteiger partial charge in [0.25, 0.3) is 0 Å². The van der Waals surface area contributed by atoms with E-state index < -0.39 is 10.8 Å². The zero-order valence-electron chi connectivity index (χ0n) is 16.4. The molecule has 0 spiro atoms. The Labute approximate surface area is 160 Å². The first-order valence-corrected chi connectivity index (χ1v) is 11.7. The average Bonchev–Trinajstić information content (AvgIpc) is 3.14. The second-order valence-electron chi connectivity index (χ2n) is 7.36. The van der Waals surface area contributed by atoms with Crippen LogP contribution in [-0.2, 0) is 15.6 Å². The van der Waals surface area contributed by atoms with Gasteiger partial charge in [-0.3, -0.25) is 14.0 Å². The zero-order valence-corrected chi connectivity index (χ0v) is 17.2. The van der Waals surface area contributed by atoms with Crippen molar-refractivity contribution in [1.29, 1.82) is 0 Å². The van der Waals surface area contributed by atoms with Gasteiger partial charge in [-0.1, -0.05) is 26.2 Å². The molecule has 0 radical (unpaired) electrons. The SMILES string of the molecule is CCNC(=NCCC(=O)NC1CCCC1)NC1CCCC(S(=O)CC)C1. The Balaban J connectivity index is 1.78. The molecule has 3 N–H and O–H groups in total. The molecule has 0 aliphatic heterocycles. The molecule has 0 aromatic carbocycles. The fraction of sp³-hybridized carbons (Fsp3) is 0.895. The number of aliphatic imine (C=N–C) groups is 1. The van der Waals surface area contributed by atoms with Crippen molar-refractivity contribution in [3.8, 4) is 0 Å². The van der Waals surface area contributed by atoms with Crippen LogP contribution < -0.4 is 16.0 Å². The molecule has 2 aliphatic rings. The summed E-state index contributed by atoms with van der Waals surface area (Å²) in [4.78, 5) is 16.6. The first kappa shape index (κ1) is 21.2.